The van der Waals surface area contributed by atoms with Crippen LogP contribution in [0.3, 0.4) is 0 Å². The minimum atomic E-state index is -1.22. The van der Waals surface area contributed by atoms with E-state index in [0.29, 0.717) is 17.7 Å². The van der Waals surface area contributed by atoms with Crippen LogP contribution in [0.1, 0.15) is 48.5 Å². The minimum absolute atomic E-state index is 0.144. The normalized spacial score (nSPS) is 10.2. The molecule has 1 aromatic carbocycles. The lowest BCUT2D eigenvalue weighted by Gasteiger charge is -2.09. The Hall–Kier alpha value is -2.04. The summed E-state index contributed by atoms with van der Waals surface area (Å²) in [6.07, 6.45) is 3.25. The molecule has 0 aliphatic carbocycles. The number of aromatic carboxylic acids is 1. The highest BCUT2D eigenvalue weighted by molar-refractivity contribution is 5.96. The number of rotatable bonds is 6. The van der Waals surface area contributed by atoms with Crippen LogP contribution in [0.5, 0.6) is 5.75 Å². The Kier molecular flexibility index (Phi) is 5.36. The van der Waals surface area contributed by atoms with Crippen molar-refractivity contribution in [3.63, 3.8) is 0 Å². The van der Waals surface area contributed by atoms with Gasteiger partial charge in [-0.05, 0) is 31.0 Å². The van der Waals surface area contributed by atoms with Crippen molar-refractivity contribution < 1.29 is 19.8 Å². The van der Waals surface area contributed by atoms with Gasteiger partial charge in [0, 0.05) is 12.1 Å². The smallest absolute Gasteiger partial charge is 0.339 e. The molecule has 0 aromatic heterocycles. The highest BCUT2D eigenvalue weighted by Crippen LogP contribution is 2.26. The summed E-state index contributed by atoms with van der Waals surface area (Å²) in [5.41, 5.74) is 0.613. The van der Waals surface area contributed by atoms with E-state index in [-0.39, 0.29) is 17.2 Å². The monoisotopic (exact) mass is 265 g/mol. The van der Waals surface area contributed by atoms with Crippen LogP contribution in [0.15, 0.2) is 12.1 Å². The zero-order chi connectivity index (χ0) is 14.4. The van der Waals surface area contributed by atoms with Crippen molar-refractivity contribution in [1.29, 1.82) is 0 Å². The van der Waals surface area contributed by atoms with Gasteiger partial charge in [0.2, 0.25) is 5.91 Å². The first-order valence-corrected chi connectivity index (χ1v) is 6.32. The number of carbonyl (C=O) groups is 2. The number of carboxylic acid groups (broad SMARTS) is 1. The van der Waals surface area contributed by atoms with Crippen LogP contribution < -0.4 is 5.32 Å². The maximum Gasteiger partial charge on any atom is 0.339 e. The number of aromatic hydroxyl groups is 1. The Balaban J connectivity index is 2.79. The van der Waals surface area contributed by atoms with Gasteiger partial charge in [0.1, 0.15) is 11.3 Å². The number of anilines is 1. The molecule has 0 unspecified atom stereocenters. The molecule has 0 heterocycles. The van der Waals surface area contributed by atoms with Gasteiger partial charge < -0.3 is 15.5 Å². The summed E-state index contributed by atoms with van der Waals surface area (Å²) >= 11 is 0. The number of aryl methyl sites for hydroxylation is 1. The minimum Gasteiger partial charge on any atom is -0.507 e. The van der Waals surface area contributed by atoms with Gasteiger partial charge in [-0.15, -0.1) is 0 Å². The SMILES string of the molecule is CCCCCC(=O)Nc1cc(C)c(O)c(C(=O)O)c1. The van der Waals surface area contributed by atoms with Crippen LogP contribution in [-0.2, 0) is 4.79 Å². The van der Waals surface area contributed by atoms with Crippen LogP contribution in [0.4, 0.5) is 5.69 Å². The van der Waals surface area contributed by atoms with Gasteiger partial charge in [0.15, 0.2) is 0 Å². The van der Waals surface area contributed by atoms with Crippen molar-refractivity contribution in [3.05, 3.63) is 23.3 Å². The van der Waals surface area contributed by atoms with Crippen molar-refractivity contribution in [2.45, 2.75) is 39.5 Å². The van der Waals surface area contributed by atoms with Crippen molar-refractivity contribution in [1.82, 2.24) is 0 Å². The highest BCUT2D eigenvalue weighted by atomic mass is 16.4. The molecule has 0 radical (unpaired) electrons. The first-order valence-electron chi connectivity index (χ1n) is 6.32. The second-order valence-corrected chi connectivity index (χ2v) is 4.50. The summed E-state index contributed by atoms with van der Waals surface area (Å²) in [5, 5.41) is 21.2. The quantitative estimate of drug-likeness (QED) is 0.545. The molecular weight excluding hydrogens is 246 g/mol. The predicted molar refractivity (Wildman–Crippen MR) is 72.6 cm³/mol. The molecule has 0 saturated carbocycles. The fraction of sp³-hybridized carbons (Fsp3) is 0.429. The van der Waals surface area contributed by atoms with Gasteiger partial charge in [-0.1, -0.05) is 19.8 Å². The fourth-order valence-corrected chi connectivity index (χ4v) is 1.77. The Bertz CT molecular complexity index is 483. The van der Waals surface area contributed by atoms with Crippen LogP contribution in [0, 0.1) is 6.92 Å². The lowest BCUT2D eigenvalue weighted by molar-refractivity contribution is -0.116. The summed E-state index contributed by atoms with van der Waals surface area (Å²) in [7, 11) is 0. The maximum absolute atomic E-state index is 11.6. The second kappa shape index (κ2) is 6.78. The largest absolute Gasteiger partial charge is 0.507 e. The molecule has 0 fully saturated rings. The van der Waals surface area contributed by atoms with Crippen molar-refractivity contribution in [2.75, 3.05) is 5.32 Å². The van der Waals surface area contributed by atoms with Gasteiger partial charge in [-0.25, -0.2) is 4.79 Å². The predicted octanol–water partition coefficient (Wildman–Crippen LogP) is 2.92. The Morgan fingerprint density at radius 2 is 1.95 bits per heavy atom. The average Bonchev–Trinajstić information content (AvgIpc) is 2.33. The standard InChI is InChI=1S/C14H19NO4/c1-3-4-5-6-12(16)15-10-7-9(2)13(17)11(8-10)14(18)19/h7-8,17H,3-6H2,1-2H3,(H,15,16)(H,18,19). The molecule has 0 aliphatic rings. The Morgan fingerprint density at radius 1 is 1.26 bits per heavy atom. The number of nitrogens with one attached hydrogen (secondary N) is 1. The molecule has 0 atom stereocenters. The molecule has 1 amide bonds. The molecule has 5 heteroatoms. The Morgan fingerprint density at radius 3 is 2.53 bits per heavy atom. The van der Waals surface area contributed by atoms with Gasteiger partial charge in [-0.2, -0.15) is 0 Å². The summed E-state index contributed by atoms with van der Waals surface area (Å²) < 4.78 is 0. The number of hydrogen-bond acceptors (Lipinski definition) is 3. The zero-order valence-corrected chi connectivity index (χ0v) is 11.2. The summed E-state index contributed by atoms with van der Waals surface area (Å²) in [6, 6.07) is 2.82. The maximum atomic E-state index is 11.6. The highest BCUT2D eigenvalue weighted by Gasteiger charge is 2.14. The van der Waals surface area contributed by atoms with Gasteiger partial charge in [0.25, 0.3) is 0 Å². The number of unbranched alkanes of at least 4 members (excludes halogenated alkanes) is 2. The lowest BCUT2D eigenvalue weighted by atomic mass is 10.1. The van der Waals surface area contributed by atoms with Crippen molar-refractivity contribution in [2.24, 2.45) is 0 Å². The lowest BCUT2D eigenvalue weighted by Crippen LogP contribution is -2.12. The van der Waals surface area contributed by atoms with E-state index in [9.17, 15) is 14.7 Å². The molecule has 0 bridgehead atoms. The summed E-state index contributed by atoms with van der Waals surface area (Å²) in [4.78, 5) is 22.6. The van der Waals surface area contributed by atoms with Gasteiger partial charge in [-0.3, -0.25) is 4.79 Å². The van der Waals surface area contributed by atoms with Crippen LogP contribution >= 0.6 is 0 Å². The number of benzene rings is 1. The molecule has 1 aromatic rings. The average molecular weight is 265 g/mol. The zero-order valence-electron chi connectivity index (χ0n) is 11.2. The molecule has 19 heavy (non-hydrogen) atoms. The third-order valence-corrected chi connectivity index (χ3v) is 2.82. The molecule has 104 valence electrons. The van der Waals surface area contributed by atoms with E-state index >= 15 is 0 Å². The second-order valence-electron chi connectivity index (χ2n) is 4.50. The number of carboxylic acids is 1. The molecule has 5 nitrogen and oxygen atoms in total. The van der Waals surface area contributed by atoms with Gasteiger partial charge in [0.05, 0.1) is 0 Å². The fourth-order valence-electron chi connectivity index (χ4n) is 1.77. The summed E-state index contributed by atoms with van der Waals surface area (Å²) in [6.45, 7) is 3.65. The van der Waals surface area contributed by atoms with E-state index in [0.717, 1.165) is 19.3 Å². The van der Waals surface area contributed by atoms with E-state index in [1.807, 2.05) is 0 Å². The molecule has 1 rings (SSSR count). The number of phenols is 1. The van der Waals surface area contributed by atoms with Crippen LogP contribution in [0.2, 0.25) is 0 Å². The molecule has 0 aliphatic heterocycles. The van der Waals surface area contributed by atoms with Crippen LogP contribution in [0.25, 0.3) is 0 Å². The first-order chi connectivity index (χ1) is 8.95. The van der Waals surface area contributed by atoms with E-state index in [1.54, 1.807) is 13.0 Å². The third kappa shape index (κ3) is 4.28. The Labute approximate surface area is 112 Å². The topological polar surface area (TPSA) is 86.6 Å². The molecule has 0 saturated heterocycles. The molecular formula is C14H19NO4. The number of amides is 1. The van der Waals surface area contributed by atoms with Crippen molar-refractivity contribution >= 4 is 17.6 Å². The van der Waals surface area contributed by atoms with E-state index in [4.69, 9.17) is 5.11 Å². The third-order valence-electron chi connectivity index (χ3n) is 2.82. The van der Waals surface area contributed by atoms with E-state index in [1.165, 1.54) is 6.07 Å². The number of carbonyl (C=O) groups excluding carboxylic acids is 1. The molecule has 3 N–H and O–H groups in total. The van der Waals surface area contributed by atoms with E-state index in [2.05, 4.69) is 12.2 Å². The van der Waals surface area contributed by atoms with Crippen LogP contribution in [-0.4, -0.2) is 22.1 Å². The number of hydrogen-bond donors (Lipinski definition) is 3. The van der Waals surface area contributed by atoms with E-state index < -0.39 is 5.97 Å². The molecule has 0 spiro atoms. The summed E-state index contributed by atoms with van der Waals surface area (Å²) in [5.74, 6) is -1.63. The van der Waals surface area contributed by atoms with Crippen molar-refractivity contribution in [3.8, 4) is 5.75 Å². The van der Waals surface area contributed by atoms with Gasteiger partial charge >= 0.3 is 5.97 Å². The first kappa shape index (κ1) is 15.0.